The quantitative estimate of drug-likeness (QED) is 0.617. The van der Waals surface area contributed by atoms with Crippen LogP contribution in [0.3, 0.4) is 0 Å². The molecule has 0 aliphatic heterocycles. The second-order valence-corrected chi connectivity index (χ2v) is 7.20. The fourth-order valence-electron chi connectivity index (χ4n) is 3.83. The van der Waals surface area contributed by atoms with Crippen LogP contribution in [0.2, 0.25) is 0 Å². The molecular formula is C22H21N3O5. The first-order valence-electron chi connectivity index (χ1n) is 9.63. The van der Waals surface area contributed by atoms with Gasteiger partial charge >= 0.3 is 12.1 Å². The molecule has 1 aliphatic rings. The fourth-order valence-corrected chi connectivity index (χ4v) is 3.83. The van der Waals surface area contributed by atoms with E-state index in [2.05, 4.69) is 27.6 Å². The highest BCUT2D eigenvalue weighted by molar-refractivity contribution is 5.79. The molecule has 154 valence electrons. The first-order chi connectivity index (χ1) is 14.5. The zero-order valence-corrected chi connectivity index (χ0v) is 16.4. The van der Waals surface area contributed by atoms with Crippen molar-refractivity contribution < 1.29 is 24.0 Å². The van der Waals surface area contributed by atoms with Gasteiger partial charge < -0.3 is 19.7 Å². The number of fused-ring (bicyclic) bond motifs is 3. The highest BCUT2D eigenvalue weighted by Crippen LogP contribution is 2.44. The maximum Gasteiger partial charge on any atom is 0.407 e. The fraction of sp³-hybridized carbons (Fsp3) is 0.273. The number of carboxylic acid groups (broad SMARTS) is 1. The Labute approximate surface area is 172 Å². The molecule has 8 heteroatoms. The molecule has 2 N–H and O–H groups in total. The lowest BCUT2D eigenvalue weighted by Gasteiger charge is -2.18. The molecule has 0 saturated heterocycles. The first kappa shape index (κ1) is 19.6. The van der Waals surface area contributed by atoms with Gasteiger partial charge in [0.15, 0.2) is 5.82 Å². The smallest absolute Gasteiger partial charge is 0.407 e. The van der Waals surface area contributed by atoms with Crippen molar-refractivity contribution in [2.24, 2.45) is 0 Å². The molecule has 8 nitrogen and oxygen atoms in total. The van der Waals surface area contributed by atoms with Gasteiger partial charge in [-0.3, -0.25) is 4.79 Å². The number of rotatable bonds is 7. The number of benzene rings is 2. The molecule has 1 aliphatic carbocycles. The van der Waals surface area contributed by atoms with Crippen LogP contribution in [-0.4, -0.2) is 40.0 Å². The van der Waals surface area contributed by atoms with Crippen molar-refractivity contribution in [3.8, 4) is 11.1 Å². The van der Waals surface area contributed by atoms with Crippen LogP contribution in [0, 0.1) is 6.92 Å². The van der Waals surface area contributed by atoms with Crippen LogP contribution in [0.25, 0.3) is 11.1 Å². The summed E-state index contributed by atoms with van der Waals surface area (Å²) in [7, 11) is 0. The second kappa shape index (κ2) is 8.36. The van der Waals surface area contributed by atoms with Crippen molar-refractivity contribution in [1.29, 1.82) is 0 Å². The van der Waals surface area contributed by atoms with E-state index < -0.39 is 18.1 Å². The predicted octanol–water partition coefficient (Wildman–Crippen LogP) is 3.30. The summed E-state index contributed by atoms with van der Waals surface area (Å²) < 4.78 is 10.5. The van der Waals surface area contributed by atoms with E-state index in [-0.39, 0.29) is 31.3 Å². The lowest BCUT2D eigenvalue weighted by molar-refractivity contribution is -0.137. The highest BCUT2D eigenvalue weighted by Gasteiger charge is 2.29. The minimum Gasteiger partial charge on any atom is -0.481 e. The van der Waals surface area contributed by atoms with Crippen LogP contribution in [0.15, 0.2) is 53.1 Å². The summed E-state index contributed by atoms with van der Waals surface area (Å²) in [5, 5.41) is 15.4. The number of carboxylic acids is 1. The van der Waals surface area contributed by atoms with Gasteiger partial charge in [0.1, 0.15) is 6.61 Å². The number of aryl methyl sites for hydroxylation is 1. The summed E-state index contributed by atoms with van der Waals surface area (Å²) in [6.07, 6.45) is -0.859. The number of nitrogens with one attached hydrogen (secondary N) is 1. The largest absolute Gasteiger partial charge is 0.481 e. The van der Waals surface area contributed by atoms with Gasteiger partial charge in [0.05, 0.1) is 12.5 Å². The molecule has 3 aromatic rings. The van der Waals surface area contributed by atoms with Crippen molar-refractivity contribution >= 4 is 12.1 Å². The van der Waals surface area contributed by atoms with E-state index in [4.69, 9.17) is 14.4 Å². The summed E-state index contributed by atoms with van der Waals surface area (Å²) in [6.45, 7) is 1.82. The van der Waals surface area contributed by atoms with E-state index in [1.165, 1.54) is 0 Å². The number of aromatic nitrogens is 2. The molecule has 30 heavy (non-hydrogen) atoms. The molecule has 1 amide bonds. The van der Waals surface area contributed by atoms with Gasteiger partial charge in [-0.15, -0.1) is 0 Å². The molecular weight excluding hydrogens is 386 g/mol. The van der Waals surface area contributed by atoms with Crippen molar-refractivity contribution in [3.05, 3.63) is 71.4 Å². The van der Waals surface area contributed by atoms with Crippen molar-refractivity contribution in [1.82, 2.24) is 15.5 Å². The molecule has 0 unspecified atom stereocenters. The topological polar surface area (TPSA) is 115 Å². The number of amides is 1. The number of carbonyl (C=O) groups is 2. The Bertz CT molecular complexity index is 1030. The summed E-state index contributed by atoms with van der Waals surface area (Å²) in [4.78, 5) is 27.6. The van der Waals surface area contributed by atoms with Gasteiger partial charge in [0.25, 0.3) is 0 Å². The average Bonchev–Trinajstić information content (AvgIpc) is 3.27. The number of alkyl carbamates (subject to hydrolysis) is 1. The molecule has 0 spiro atoms. The van der Waals surface area contributed by atoms with Crippen molar-refractivity contribution in [2.45, 2.75) is 31.7 Å². The molecule has 0 radical (unpaired) electrons. The van der Waals surface area contributed by atoms with E-state index in [1.54, 1.807) is 6.92 Å². The molecule has 1 heterocycles. The van der Waals surface area contributed by atoms with Crippen molar-refractivity contribution in [2.75, 3.05) is 6.61 Å². The normalized spacial score (nSPS) is 13.4. The van der Waals surface area contributed by atoms with Gasteiger partial charge in [-0.2, -0.15) is 4.98 Å². The SMILES string of the molecule is Cc1noc(C[C@H](CC(=O)O)NC(=O)OCC2c3ccccc3-c3ccccc32)n1. The van der Waals surface area contributed by atoms with E-state index in [0.717, 1.165) is 22.3 Å². The standard InChI is InChI=1S/C22H21N3O5/c1-13-23-20(30-25-13)10-14(11-21(26)27)24-22(28)29-12-19-17-8-4-2-6-15(17)16-7-3-5-9-18(16)19/h2-9,14,19H,10-12H2,1H3,(H,24,28)(H,26,27)/t14-/m1/s1. The van der Waals surface area contributed by atoms with Crippen LogP contribution < -0.4 is 5.32 Å². The third kappa shape index (κ3) is 4.17. The van der Waals surface area contributed by atoms with E-state index in [0.29, 0.717) is 5.82 Å². The molecule has 0 saturated carbocycles. The Balaban J connectivity index is 1.43. The summed E-state index contributed by atoms with van der Waals surface area (Å²) >= 11 is 0. The number of hydrogen-bond acceptors (Lipinski definition) is 6. The number of ether oxygens (including phenoxy) is 1. The molecule has 2 aromatic carbocycles. The van der Waals surface area contributed by atoms with E-state index >= 15 is 0 Å². The predicted molar refractivity (Wildman–Crippen MR) is 107 cm³/mol. The minimum atomic E-state index is -1.05. The Morgan fingerprint density at radius 2 is 1.77 bits per heavy atom. The molecule has 0 fully saturated rings. The van der Waals surface area contributed by atoms with Crippen LogP contribution >= 0.6 is 0 Å². The van der Waals surface area contributed by atoms with Gasteiger partial charge in [-0.05, 0) is 29.2 Å². The molecule has 1 aromatic heterocycles. The van der Waals surface area contributed by atoms with E-state index in [1.807, 2.05) is 36.4 Å². The van der Waals surface area contributed by atoms with Gasteiger partial charge in [-0.25, -0.2) is 4.79 Å². The highest BCUT2D eigenvalue weighted by atomic mass is 16.5. The first-order valence-corrected chi connectivity index (χ1v) is 9.63. The number of carbonyl (C=O) groups excluding carboxylic acids is 1. The third-order valence-corrected chi connectivity index (χ3v) is 5.08. The third-order valence-electron chi connectivity index (χ3n) is 5.08. The van der Waals surface area contributed by atoms with Crippen LogP contribution in [0.5, 0.6) is 0 Å². The molecule has 4 rings (SSSR count). The zero-order valence-electron chi connectivity index (χ0n) is 16.4. The number of nitrogens with zero attached hydrogens (tertiary/aromatic N) is 2. The van der Waals surface area contributed by atoms with Crippen LogP contribution in [0.4, 0.5) is 4.79 Å². The number of hydrogen-bond donors (Lipinski definition) is 2. The van der Waals surface area contributed by atoms with Crippen molar-refractivity contribution in [3.63, 3.8) is 0 Å². The summed E-state index contributed by atoms with van der Waals surface area (Å²) in [5.41, 5.74) is 4.49. The lowest BCUT2D eigenvalue weighted by atomic mass is 9.98. The second-order valence-electron chi connectivity index (χ2n) is 7.20. The molecule has 0 bridgehead atoms. The average molecular weight is 407 g/mol. The maximum absolute atomic E-state index is 12.4. The summed E-state index contributed by atoms with van der Waals surface area (Å²) in [6, 6.07) is 15.4. The van der Waals surface area contributed by atoms with Gasteiger partial charge in [0.2, 0.25) is 5.89 Å². The van der Waals surface area contributed by atoms with E-state index in [9.17, 15) is 9.59 Å². The Hall–Kier alpha value is -3.68. The lowest BCUT2D eigenvalue weighted by Crippen LogP contribution is -2.39. The zero-order chi connectivity index (χ0) is 21.1. The van der Waals surface area contributed by atoms with Gasteiger partial charge in [-0.1, -0.05) is 53.7 Å². The molecule has 1 atom stereocenters. The number of aliphatic carboxylic acids is 1. The Kier molecular flexibility index (Phi) is 5.47. The van der Waals surface area contributed by atoms with Gasteiger partial charge in [0, 0.05) is 12.3 Å². The van der Waals surface area contributed by atoms with Crippen LogP contribution in [0.1, 0.15) is 35.2 Å². The Morgan fingerprint density at radius 3 is 2.33 bits per heavy atom. The minimum absolute atomic E-state index is 0.0698. The monoisotopic (exact) mass is 407 g/mol. The maximum atomic E-state index is 12.4. The Morgan fingerprint density at radius 1 is 1.13 bits per heavy atom. The summed E-state index contributed by atoms with van der Waals surface area (Å²) in [5.74, 6) is -0.409. The van der Waals surface area contributed by atoms with Crippen LogP contribution in [-0.2, 0) is 16.0 Å².